The number of rotatable bonds is 17. The van der Waals surface area contributed by atoms with Crippen LogP contribution in [0.15, 0.2) is 48.5 Å². The van der Waals surface area contributed by atoms with Gasteiger partial charge in [0.1, 0.15) is 0 Å². The van der Waals surface area contributed by atoms with Gasteiger partial charge in [0.15, 0.2) is 0 Å². The van der Waals surface area contributed by atoms with Gasteiger partial charge in [-0.3, -0.25) is 9.78 Å². The van der Waals surface area contributed by atoms with E-state index in [0.29, 0.717) is 12.8 Å². The molecule has 0 aliphatic heterocycles. The molecule has 0 saturated heterocycles. The lowest BCUT2D eigenvalue weighted by Crippen LogP contribution is -2.13. The minimum Gasteiger partial charge on any atom is -0.432 e. The standard InChI is InChI=1S/C28H34O12/c1-3-21-11-15-23(16-12-21)25(29)35-39-37-27(31)33-19-9-7-5-6-8-10-20-34-28(32)38-40-36-26(30)24-17-13-22(4-2)14-18-24/h11-18H,3-10,19-20H2,1-2H3. The minimum absolute atomic E-state index is 0.109. The van der Waals surface area contributed by atoms with Crippen molar-refractivity contribution in [2.45, 2.75) is 65.2 Å². The van der Waals surface area contributed by atoms with Crippen LogP contribution in [0.25, 0.3) is 0 Å². The number of aryl methyl sites for hydroxylation is 2. The molecule has 2 aromatic carbocycles. The van der Waals surface area contributed by atoms with Crippen molar-refractivity contribution < 1.29 is 58.3 Å². The predicted octanol–water partition coefficient (Wildman–Crippen LogP) is 6.17. The zero-order chi connectivity index (χ0) is 29.0. The molecule has 0 N–H and O–H groups in total. The predicted molar refractivity (Wildman–Crippen MR) is 137 cm³/mol. The van der Waals surface area contributed by atoms with Crippen LogP contribution in [-0.2, 0) is 51.9 Å². The van der Waals surface area contributed by atoms with Crippen molar-refractivity contribution in [1.82, 2.24) is 0 Å². The average molecular weight is 563 g/mol. The van der Waals surface area contributed by atoms with Crippen molar-refractivity contribution in [3.63, 3.8) is 0 Å². The van der Waals surface area contributed by atoms with Crippen LogP contribution < -0.4 is 0 Å². The van der Waals surface area contributed by atoms with Gasteiger partial charge in [-0.1, -0.05) is 63.8 Å². The van der Waals surface area contributed by atoms with Crippen molar-refractivity contribution in [3.8, 4) is 0 Å². The van der Waals surface area contributed by atoms with Gasteiger partial charge < -0.3 is 9.47 Å². The third-order valence-electron chi connectivity index (χ3n) is 5.60. The van der Waals surface area contributed by atoms with Crippen LogP contribution in [0.2, 0.25) is 0 Å². The summed E-state index contributed by atoms with van der Waals surface area (Å²) in [6, 6.07) is 13.4. The molecule has 0 spiro atoms. The van der Waals surface area contributed by atoms with E-state index in [1.807, 2.05) is 13.8 Å². The Morgan fingerprint density at radius 1 is 0.500 bits per heavy atom. The van der Waals surface area contributed by atoms with Crippen molar-refractivity contribution in [2.24, 2.45) is 0 Å². The highest BCUT2D eigenvalue weighted by atomic mass is 17.5. The molecule has 12 nitrogen and oxygen atoms in total. The maximum absolute atomic E-state index is 11.8. The first-order valence-electron chi connectivity index (χ1n) is 13.0. The second kappa shape index (κ2) is 19.0. The fourth-order valence-electron chi connectivity index (χ4n) is 3.27. The summed E-state index contributed by atoms with van der Waals surface area (Å²) in [6.45, 7) is 4.20. The zero-order valence-electron chi connectivity index (χ0n) is 22.6. The van der Waals surface area contributed by atoms with E-state index in [4.69, 9.17) is 9.47 Å². The Morgan fingerprint density at radius 2 is 0.850 bits per heavy atom. The Kier molecular flexibility index (Phi) is 15.2. The number of hydrogen-bond acceptors (Lipinski definition) is 12. The van der Waals surface area contributed by atoms with Crippen LogP contribution in [0.1, 0.15) is 84.2 Å². The maximum atomic E-state index is 11.8. The molecule has 12 heteroatoms. The number of hydrogen-bond donors (Lipinski definition) is 0. The Balaban J connectivity index is 1.38. The third kappa shape index (κ3) is 13.1. The molecule has 0 aliphatic carbocycles. The van der Waals surface area contributed by atoms with E-state index < -0.39 is 24.2 Å². The third-order valence-corrected chi connectivity index (χ3v) is 5.60. The lowest BCUT2D eigenvalue weighted by atomic mass is 10.1. The zero-order valence-corrected chi connectivity index (χ0v) is 22.6. The summed E-state index contributed by atoms with van der Waals surface area (Å²) < 4.78 is 9.64. The summed E-state index contributed by atoms with van der Waals surface area (Å²) in [6.07, 6.45) is 3.94. The van der Waals surface area contributed by atoms with Crippen LogP contribution in [0.5, 0.6) is 0 Å². The molecule has 40 heavy (non-hydrogen) atoms. The molecule has 0 aliphatic rings. The van der Waals surface area contributed by atoms with Gasteiger partial charge in [0.25, 0.3) is 0 Å². The molecule has 2 rings (SSSR count). The highest BCUT2D eigenvalue weighted by Gasteiger charge is 2.13. The topological polar surface area (TPSA) is 142 Å². The fourth-order valence-corrected chi connectivity index (χ4v) is 3.27. The van der Waals surface area contributed by atoms with Crippen LogP contribution in [0.4, 0.5) is 9.59 Å². The molecule has 2 aromatic rings. The van der Waals surface area contributed by atoms with Crippen molar-refractivity contribution >= 4 is 24.2 Å². The van der Waals surface area contributed by atoms with Gasteiger partial charge in [0, 0.05) is 0 Å². The molecular weight excluding hydrogens is 528 g/mol. The van der Waals surface area contributed by atoms with Crippen LogP contribution in [0.3, 0.4) is 0 Å². The number of benzene rings is 2. The van der Waals surface area contributed by atoms with Gasteiger partial charge in [-0.2, -0.15) is 0 Å². The monoisotopic (exact) mass is 562 g/mol. The highest BCUT2D eigenvalue weighted by Crippen LogP contribution is 2.09. The lowest BCUT2D eigenvalue weighted by molar-refractivity contribution is -0.452. The Hall–Kier alpha value is -4.16. The SMILES string of the molecule is CCc1ccc(C(=O)OOOC(=O)OCCCCCCCCOC(=O)OOOC(=O)c2ccc(CC)cc2)cc1. The van der Waals surface area contributed by atoms with Crippen molar-refractivity contribution in [2.75, 3.05) is 13.2 Å². The summed E-state index contributed by atoms with van der Waals surface area (Å²) in [4.78, 5) is 63.7. The number of unbranched alkanes of at least 4 members (excludes halogenated alkanes) is 5. The molecule has 0 fully saturated rings. The molecule has 0 atom stereocenters. The van der Waals surface area contributed by atoms with Gasteiger partial charge in [0.2, 0.25) is 0 Å². The molecule has 0 radical (unpaired) electrons. The molecule has 0 unspecified atom stereocenters. The van der Waals surface area contributed by atoms with E-state index in [0.717, 1.165) is 49.7 Å². The van der Waals surface area contributed by atoms with E-state index in [1.165, 1.54) is 0 Å². The average Bonchev–Trinajstić information content (AvgIpc) is 2.98. The van der Waals surface area contributed by atoms with Gasteiger partial charge in [0.05, 0.1) is 34.4 Å². The van der Waals surface area contributed by atoms with E-state index in [9.17, 15) is 19.2 Å². The second-order valence-corrected chi connectivity index (χ2v) is 8.46. The minimum atomic E-state index is -1.12. The van der Waals surface area contributed by atoms with E-state index in [1.54, 1.807) is 48.5 Å². The summed E-state index contributed by atoms with van der Waals surface area (Å²) in [5.74, 6) is -1.61. The summed E-state index contributed by atoms with van der Waals surface area (Å²) >= 11 is 0. The molecule has 0 amide bonds. The highest BCUT2D eigenvalue weighted by molar-refractivity contribution is 5.89. The second-order valence-electron chi connectivity index (χ2n) is 8.46. The Bertz CT molecular complexity index is 964. The summed E-state index contributed by atoms with van der Waals surface area (Å²) in [7, 11) is 0. The van der Waals surface area contributed by atoms with Gasteiger partial charge in [-0.15, -0.1) is 0 Å². The Labute approximate surface area is 232 Å². The normalized spacial score (nSPS) is 10.3. The molecular formula is C28H34O12. The van der Waals surface area contributed by atoms with Crippen LogP contribution in [-0.4, -0.2) is 37.5 Å². The maximum Gasteiger partial charge on any atom is 0.543 e. The van der Waals surface area contributed by atoms with Crippen molar-refractivity contribution in [3.05, 3.63) is 70.8 Å². The number of carbonyl (C=O) groups is 4. The van der Waals surface area contributed by atoms with E-state index in [2.05, 4.69) is 29.6 Å². The number of carbonyl (C=O) groups excluding carboxylic acids is 4. The number of ether oxygens (including phenoxy) is 2. The first kappa shape index (κ1) is 32.1. The van der Waals surface area contributed by atoms with E-state index in [-0.39, 0.29) is 24.3 Å². The largest absolute Gasteiger partial charge is 0.543 e. The lowest BCUT2D eigenvalue weighted by Gasteiger charge is -2.05. The molecule has 0 bridgehead atoms. The molecule has 218 valence electrons. The molecule has 0 saturated carbocycles. The van der Waals surface area contributed by atoms with E-state index >= 15 is 0 Å². The summed E-state index contributed by atoms with van der Waals surface area (Å²) in [5.41, 5.74) is 2.63. The quantitative estimate of drug-likeness (QED) is 0.0942. The van der Waals surface area contributed by atoms with Crippen LogP contribution >= 0.6 is 0 Å². The van der Waals surface area contributed by atoms with Gasteiger partial charge in [-0.05, 0) is 61.1 Å². The molecule has 0 aromatic heterocycles. The molecule has 0 heterocycles. The van der Waals surface area contributed by atoms with Gasteiger partial charge >= 0.3 is 24.2 Å². The van der Waals surface area contributed by atoms with Crippen LogP contribution in [0, 0.1) is 0 Å². The summed E-state index contributed by atoms with van der Waals surface area (Å²) in [5, 5.41) is 8.35. The Morgan fingerprint density at radius 3 is 1.20 bits per heavy atom. The first-order valence-corrected chi connectivity index (χ1v) is 13.0. The van der Waals surface area contributed by atoms with Gasteiger partial charge in [-0.25, -0.2) is 29.0 Å². The fraction of sp³-hybridized carbons (Fsp3) is 0.429. The van der Waals surface area contributed by atoms with Crippen molar-refractivity contribution in [1.29, 1.82) is 0 Å². The first-order chi connectivity index (χ1) is 19.4. The smallest absolute Gasteiger partial charge is 0.432 e.